The monoisotopic (exact) mass is 358 g/mol. The van der Waals surface area contributed by atoms with E-state index in [1.807, 2.05) is 50.2 Å². The van der Waals surface area contributed by atoms with Gasteiger partial charge in [0.05, 0.1) is 11.1 Å². The molecule has 2 aliphatic heterocycles. The molecule has 134 valence electrons. The first kappa shape index (κ1) is 17.0. The molecule has 0 amide bonds. The van der Waals surface area contributed by atoms with Crippen LogP contribution < -0.4 is 9.47 Å². The molecule has 0 saturated carbocycles. The van der Waals surface area contributed by atoms with Gasteiger partial charge in [-0.05, 0) is 36.4 Å². The Morgan fingerprint density at radius 2 is 0.963 bits per heavy atom. The van der Waals surface area contributed by atoms with Gasteiger partial charge in [0, 0.05) is 16.5 Å². The van der Waals surface area contributed by atoms with Crippen molar-refractivity contribution >= 4 is 11.9 Å². The Balaban J connectivity index is 1.97. The molecule has 4 heteroatoms. The largest absolute Gasteiger partial charge is 0.423 e. The van der Waals surface area contributed by atoms with Gasteiger partial charge in [-0.25, -0.2) is 9.59 Å². The molecule has 2 heterocycles. The molecule has 5 rings (SSSR count). The minimum Gasteiger partial charge on any atom is -0.423 e. The van der Waals surface area contributed by atoms with E-state index >= 15 is 0 Å². The summed E-state index contributed by atoms with van der Waals surface area (Å²) in [7, 11) is 0. The third-order valence-electron chi connectivity index (χ3n) is 4.88. The van der Waals surface area contributed by atoms with Crippen LogP contribution in [0.5, 0.6) is 11.5 Å². The number of carbonyl (C=O) groups is 2. The lowest BCUT2D eigenvalue weighted by molar-refractivity contribution is 0.0721. The van der Waals surface area contributed by atoms with Gasteiger partial charge < -0.3 is 9.47 Å². The lowest BCUT2D eigenvalue weighted by Gasteiger charge is -2.29. The van der Waals surface area contributed by atoms with Crippen molar-refractivity contribution in [1.29, 1.82) is 0 Å². The van der Waals surface area contributed by atoms with Gasteiger partial charge in [0.15, 0.2) is 0 Å². The number of carbonyl (C=O) groups excluding carboxylic acids is 2. The standard InChI is InChI=1S/C23H18O4/c1-23(2)17-7-3-5-9-19(17)26-21(24)15-11-13-16(14-12-15)22(25)27-20-10-6-4-8-18(20)23/h3-14H,1-2H3. The number of hydrogen-bond acceptors (Lipinski definition) is 4. The summed E-state index contributed by atoms with van der Waals surface area (Å²) in [6, 6.07) is 21.1. The molecule has 3 aromatic rings. The SMILES string of the molecule is CC1(C)c2ccccc2OC(=O)c2ccc(cc2)C(=O)Oc2ccccc21. The van der Waals surface area contributed by atoms with Crippen LogP contribution in [0.25, 0.3) is 0 Å². The van der Waals surface area contributed by atoms with E-state index in [9.17, 15) is 9.59 Å². The molecule has 0 N–H and O–H groups in total. The molecule has 0 unspecified atom stereocenters. The highest BCUT2D eigenvalue weighted by Gasteiger charge is 2.31. The van der Waals surface area contributed by atoms with E-state index in [4.69, 9.17) is 9.47 Å². The summed E-state index contributed by atoms with van der Waals surface area (Å²) < 4.78 is 11.4. The fraction of sp³-hybridized carbons (Fsp3) is 0.130. The van der Waals surface area contributed by atoms with E-state index in [0.29, 0.717) is 22.6 Å². The average molecular weight is 358 g/mol. The van der Waals surface area contributed by atoms with Gasteiger partial charge in [-0.2, -0.15) is 0 Å². The van der Waals surface area contributed by atoms with Gasteiger partial charge in [-0.15, -0.1) is 0 Å². The van der Waals surface area contributed by atoms with Crippen molar-refractivity contribution in [2.45, 2.75) is 19.3 Å². The number of esters is 2. The maximum atomic E-state index is 12.6. The quantitative estimate of drug-likeness (QED) is 0.429. The molecule has 0 fully saturated rings. The Labute approximate surface area is 157 Å². The summed E-state index contributed by atoms with van der Waals surface area (Å²) in [6.45, 7) is 4.02. The second-order valence-corrected chi connectivity index (χ2v) is 6.97. The first-order valence-electron chi connectivity index (χ1n) is 8.70. The van der Waals surface area contributed by atoms with Crippen LogP contribution in [0.1, 0.15) is 45.7 Å². The van der Waals surface area contributed by atoms with Crippen LogP contribution in [-0.2, 0) is 5.41 Å². The van der Waals surface area contributed by atoms with Gasteiger partial charge >= 0.3 is 11.9 Å². The summed E-state index contributed by atoms with van der Waals surface area (Å²) in [4.78, 5) is 25.2. The van der Waals surface area contributed by atoms with Crippen molar-refractivity contribution in [2.75, 3.05) is 0 Å². The summed E-state index contributed by atoms with van der Waals surface area (Å²) in [5.74, 6) is 0.0327. The third kappa shape index (κ3) is 2.99. The van der Waals surface area contributed by atoms with E-state index in [-0.39, 0.29) is 0 Å². The summed E-state index contributed by atoms with van der Waals surface area (Å²) in [5.41, 5.74) is 1.84. The van der Waals surface area contributed by atoms with Crippen molar-refractivity contribution in [2.24, 2.45) is 0 Å². The van der Waals surface area contributed by atoms with E-state index in [1.165, 1.54) is 0 Å². The molecule has 0 atom stereocenters. The summed E-state index contributed by atoms with van der Waals surface area (Å²) >= 11 is 0. The zero-order chi connectivity index (χ0) is 19.0. The molecule has 0 saturated heterocycles. The minimum absolute atomic E-state index is 0.371. The van der Waals surface area contributed by atoms with E-state index in [0.717, 1.165) is 11.1 Å². The Hall–Kier alpha value is -3.40. The average Bonchev–Trinajstić information content (AvgIpc) is 2.68. The second kappa shape index (κ2) is 6.40. The highest BCUT2D eigenvalue weighted by Crippen LogP contribution is 2.41. The van der Waals surface area contributed by atoms with Crippen molar-refractivity contribution < 1.29 is 19.1 Å². The van der Waals surface area contributed by atoms with Gasteiger partial charge in [-0.3, -0.25) is 0 Å². The van der Waals surface area contributed by atoms with Crippen LogP contribution in [0.4, 0.5) is 0 Å². The Morgan fingerprint density at radius 1 is 0.593 bits per heavy atom. The molecular formula is C23H18O4. The zero-order valence-electron chi connectivity index (χ0n) is 15.1. The first-order valence-corrected chi connectivity index (χ1v) is 8.70. The van der Waals surface area contributed by atoms with Crippen molar-refractivity contribution in [3.8, 4) is 11.5 Å². The molecule has 0 aromatic heterocycles. The van der Waals surface area contributed by atoms with Crippen LogP contribution in [0.3, 0.4) is 0 Å². The maximum absolute atomic E-state index is 12.6. The van der Waals surface area contributed by atoms with E-state index < -0.39 is 17.4 Å². The first-order chi connectivity index (χ1) is 13.0. The third-order valence-corrected chi connectivity index (χ3v) is 4.88. The fourth-order valence-electron chi connectivity index (χ4n) is 3.35. The van der Waals surface area contributed by atoms with E-state index in [1.54, 1.807) is 36.4 Å². The highest BCUT2D eigenvalue weighted by molar-refractivity contribution is 5.95. The van der Waals surface area contributed by atoms with Crippen molar-refractivity contribution in [3.63, 3.8) is 0 Å². The predicted molar refractivity (Wildman–Crippen MR) is 101 cm³/mol. The van der Waals surface area contributed by atoms with E-state index in [2.05, 4.69) is 0 Å². The van der Waals surface area contributed by atoms with Gasteiger partial charge in [0.25, 0.3) is 0 Å². The predicted octanol–water partition coefficient (Wildman–Crippen LogP) is 4.76. The topological polar surface area (TPSA) is 52.6 Å². The molecule has 27 heavy (non-hydrogen) atoms. The molecule has 2 bridgehead atoms. The smallest absolute Gasteiger partial charge is 0.343 e. The normalized spacial score (nSPS) is 15.3. The van der Waals surface area contributed by atoms with Gasteiger partial charge in [0.2, 0.25) is 0 Å². The van der Waals surface area contributed by atoms with Crippen LogP contribution >= 0.6 is 0 Å². The van der Waals surface area contributed by atoms with Crippen molar-refractivity contribution in [1.82, 2.24) is 0 Å². The Kier molecular flexibility index (Phi) is 4.04. The van der Waals surface area contributed by atoms with Crippen LogP contribution in [0.15, 0.2) is 72.8 Å². The number of benzene rings is 3. The highest BCUT2D eigenvalue weighted by atomic mass is 16.5. The lowest BCUT2D eigenvalue weighted by Crippen LogP contribution is -2.22. The maximum Gasteiger partial charge on any atom is 0.343 e. The Bertz CT molecular complexity index is 950. The van der Waals surface area contributed by atoms with Crippen LogP contribution in [0, 0.1) is 0 Å². The Morgan fingerprint density at radius 3 is 1.37 bits per heavy atom. The van der Waals surface area contributed by atoms with Crippen molar-refractivity contribution in [3.05, 3.63) is 95.1 Å². The molecule has 3 aromatic carbocycles. The minimum atomic E-state index is -0.558. The zero-order valence-corrected chi connectivity index (χ0v) is 15.1. The number of ether oxygens (including phenoxy) is 2. The number of para-hydroxylation sites is 2. The lowest BCUT2D eigenvalue weighted by atomic mass is 9.77. The van der Waals surface area contributed by atoms with Crippen LogP contribution in [0.2, 0.25) is 0 Å². The fourth-order valence-corrected chi connectivity index (χ4v) is 3.35. The van der Waals surface area contributed by atoms with Gasteiger partial charge in [-0.1, -0.05) is 50.2 Å². The number of hydrogen-bond donors (Lipinski definition) is 0. The summed E-state index contributed by atoms with van der Waals surface area (Å²) in [5, 5.41) is 0. The number of rotatable bonds is 0. The second-order valence-electron chi connectivity index (χ2n) is 6.97. The molecule has 0 spiro atoms. The molecule has 2 aliphatic rings. The number of fused-ring (bicyclic) bond motifs is 4. The molecular weight excluding hydrogens is 340 g/mol. The van der Waals surface area contributed by atoms with Gasteiger partial charge in [0.1, 0.15) is 11.5 Å². The van der Waals surface area contributed by atoms with Crippen LogP contribution in [-0.4, -0.2) is 11.9 Å². The molecule has 0 radical (unpaired) electrons. The summed E-state index contributed by atoms with van der Waals surface area (Å²) in [6.07, 6.45) is 0. The molecule has 0 aliphatic carbocycles. The molecule has 4 nitrogen and oxygen atoms in total.